The van der Waals surface area contributed by atoms with Crippen molar-refractivity contribution in [1.29, 1.82) is 0 Å². The summed E-state index contributed by atoms with van der Waals surface area (Å²) >= 11 is 0. The Morgan fingerprint density at radius 3 is 1.49 bits per heavy atom. The first-order chi connectivity index (χ1) is 17.3. The van der Waals surface area contributed by atoms with Gasteiger partial charge in [-0.2, -0.15) is 74.6 Å². The molecule has 0 amide bonds. The molecule has 39 heavy (non-hydrogen) atoms. The van der Waals surface area contributed by atoms with E-state index in [0.717, 1.165) is 36.7 Å². The van der Waals surface area contributed by atoms with E-state index in [2.05, 4.69) is 0 Å². The number of hydrogen-bond donors (Lipinski definition) is 0. The van der Waals surface area contributed by atoms with Crippen LogP contribution in [0.3, 0.4) is 0 Å². The Bertz CT molecular complexity index is 973. The lowest BCUT2D eigenvalue weighted by atomic mass is 9.88. The fourth-order valence-corrected chi connectivity index (χ4v) is 3.98. The molecule has 2 nitrogen and oxygen atoms in total. The maximum atomic E-state index is 14.0. The number of nitrogens with zero attached hydrogens (tertiary/aromatic N) is 2. The molecule has 0 radical (unpaired) electrons. The third kappa shape index (κ3) is 5.26. The van der Waals surface area contributed by atoms with Gasteiger partial charge in [0, 0.05) is 6.42 Å². The topological polar surface area (TPSA) is 8.81 Å². The minimum atomic E-state index is -8.60. The lowest BCUT2D eigenvalue weighted by molar-refractivity contribution is -0.697. The average Bonchev–Trinajstić information content (AvgIpc) is 3.27. The Labute approximate surface area is 208 Å². The highest BCUT2D eigenvalue weighted by atomic mass is 19.4. The van der Waals surface area contributed by atoms with Gasteiger partial charge in [-0.1, -0.05) is 6.42 Å². The third-order valence-electron chi connectivity index (χ3n) is 6.40. The van der Waals surface area contributed by atoms with Crippen molar-refractivity contribution in [3.05, 3.63) is 18.7 Å². The van der Waals surface area contributed by atoms with Gasteiger partial charge in [0.15, 0.2) is 0 Å². The van der Waals surface area contributed by atoms with Gasteiger partial charge in [-0.05, 0) is 32.1 Å². The van der Waals surface area contributed by atoms with E-state index in [0.29, 0.717) is 0 Å². The van der Waals surface area contributed by atoms with Crippen LogP contribution in [0.25, 0.3) is 0 Å². The van der Waals surface area contributed by atoms with Gasteiger partial charge >= 0.3 is 47.6 Å². The van der Waals surface area contributed by atoms with Crippen LogP contribution in [0.15, 0.2) is 18.7 Å². The molecular weight excluding hydrogens is 591 g/mol. The maximum Gasteiger partial charge on any atom is 0.460 e. The van der Waals surface area contributed by atoms with Crippen molar-refractivity contribution >= 4 is 0 Å². The summed E-state index contributed by atoms with van der Waals surface area (Å²) in [6.45, 7) is -0.626. The highest BCUT2D eigenvalue weighted by Gasteiger charge is 2.95. The van der Waals surface area contributed by atoms with Crippen molar-refractivity contribution in [2.75, 3.05) is 0 Å². The van der Waals surface area contributed by atoms with Crippen LogP contribution in [0.5, 0.6) is 0 Å². The molecule has 0 unspecified atom stereocenters. The number of aryl methyl sites for hydroxylation is 1. The van der Waals surface area contributed by atoms with Gasteiger partial charge in [0.1, 0.15) is 18.4 Å². The molecule has 0 spiro atoms. The van der Waals surface area contributed by atoms with E-state index in [1.807, 2.05) is 0 Å². The van der Waals surface area contributed by atoms with Gasteiger partial charge in [-0.3, -0.25) is 0 Å². The fraction of sp³-hybridized carbons (Fsp3) is 0.850. The number of imidazole rings is 1. The Hall–Kier alpha value is -1.98. The molecule has 1 heterocycles. The standard InChI is InChI=1S/C20H20F17N2/c21-13(22,7-4-8-38-9-10-39(11-38)12-5-2-1-3-6-12)14(23,24)15(25,26)16(27,28)17(29,30)18(31,32)19(33,34)20(35,36)37/h9-12H,1-8H2/q+1. The molecule has 1 saturated carbocycles. The first kappa shape index (κ1) is 33.2. The van der Waals surface area contributed by atoms with Crippen LogP contribution in [-0.2, 0) is 6.54 Å². The van der Waals surface area contributed by atoms with E-state index < -0.39 is 67.0 Å². The summed E-state index contributed by atoms with van der Waals surface area (Å²) in [6.07, 6.45) is -3.09. The summed E-state index contributed by atoms with van der Waals surface area (Å²) in [5, 5.41) is 0. The molecule has 1 aromatic heterocycles. The maximum absolute atomic E-state index is 14.0. The molecule has 1 aliphatic rings. The van der Waals surface area contributed by atoms with Crippen molar-refractivity contribution in [2.45, 2.75) is 105 Å². The van der Waals surface area contributed by atoms with Crippen molar-refractivity contribution < 1.29 is 79.2 Å². The molecular formula is C20H20F17N2+. The van der Waals surface area contributed by atoms with Crippen LogP contribution in [0.1, 0.15) is 51.0 Å². The molecule has 1 aliphatic carbocycles. The van der Waals surface area contributed by atoms with Gasteiger partial charge in [0.2, 0.25) is 6.33 Å². The van der Waals surface area contributed by atoms with Crippen molar-refractivity contribution in [1.82, 2.24) is 4.57 Å². The summed E-state index contributed by atoms with van der Waals surface area (Å²) in [7, 11) is 0. The average molecular weight is 611 g/mol. The summed E-state index contributed by atoms with van der Waals surface area (Å²) < 4.78 is 229. The number of aromatic nitrogens is 2. The zero-order valence-corrected chi connectivity index (χ0v) is 19.3. The summed E-state index contributed by atoms with van der Waals surface area (Å²) in [4.78, 5) is 0. The minimum absolute atomic E-state index is 0.0104. The van der Waals surface area contributed by atoms with Gasteiger partial charge in [-0.25, -0.2) is 9.13 Å². The first-order valence-corrected chi connectivity index (χ1v) is 11.1. The van der Waals surface area contributed by atoms with Crippen LogP contribution in [0.4, 0.5) is 74.6 Å². The summed E-state index contributed by atoms with van der Waals surface area (Å²) in [5.41, 5.74) is 0. The number of alkyl halides is 17. The first-order valence-electron chi connectivity index (χ1n) is 11.1. The Balaban J connectivity index is 2.25. The third-order valence-corrected chi connectivity index (χ3v) is 6.40. The lowest BCUT2D eigenvalue weighted by Crippen LogP contribution is -2.74. The van der Waals surface area contributed by atoms with Gasteiger partial charge in [0.05, 0.1) is 6.54 Å². The van der Waals surface area contributed by atoms with E-state index >= 15 is 0 Å². The van der Waals surface area contributed by atoms with E-state index in [-0.39, 0.29) is 6.04 Å². The molecule has 1 fully saturated rings. The van der Waals surface area contributed by atoms with E-state index in [9.17, 15) is 74.6 Å². The molecule has 2 rings (SSSR count). The molecule has 0 bridgehead atoms. The number of halogens is 17. The zero-order chi connectivity index (χ0) is 30.5. The number of hydrogen-bond acceptors (Lipinski definition) is 0. The van der Waals surface area contributed by atoms with Crippen LogP contribution in [0, 0.1) is 0 Å². The minimum Gasteiger partial charge on any atom is -0.237 e. The molecule has 228 valence electrons. The summed E-state index contributed by atoms with van der Waals surface area (Å²) in [5.74, 6) is -56.0. The van der Waals surface area contributed by atoms with Crippen molar-refractivity contribution in [2.24, 2.45) is 0 Å². The second-order valence-corrected chi connectivity index (χ2v) is 9.14. The number of rotatable bonds is 11. The SMILES string of the molecule is FC(F)(F)C(F)(F)C(F)(F)C(F)(F)C(F)(F)C(F)(F)C(F)(F)C(F)(F)CCC[n+]1ccn(C2CCCCC2)c1. The largest absolute Gasteiger partial charge is 0.460 e. The molecule has 0 saturated heterocycles. The molecule has 1 aromatic rings. The van der Waals surface area contributed by atoms with E-state index in [1.165, 1.54) is 18.7 Å². The predicted molar refractivity (Wildman–Crippen MR) is 96.7 cm³/mol. The molecule has 0 aliphatic heterocycles. The molecule has 0 atom stereocenters. The van der Waals surface area contributed by atoms with Gasteiger partial charge < -0.3 is 0 Å². The van der Waals surface area contributed by atoms with Crippen molar-refractivity contribution in [3.8, 4) is 0 Å². The van der Waals surface area contributed by atoms with Crippen LogP contribution >= 0.6 is 0 Å². The van der Waals surface area contributed by atoms with Crippen LogP contribution in [-0.4, -0.2) is 52.2 Å². The van der Waals surface area contributed by atoms with Crippen LogP contribution in [0.2, 0.25) is 0 Å². The van der Waals surface area contributed by atoms with Crippen molar-refractivity contribution in [3.63, 3.8) is 0 Å². The van der Waals surface area contributed by atoms with E-state index in [4.69, 9.17) is 0 Å². The molecule has 0 aromatic carbocycles. The lowest BCUT2D eigenvalue weighted by Gasteiger charge is -2.42. The normalized spacial score (nSPS) is 18.1. The van der Waals surface area contributed by atoms with Gasteiger partial charge in [-0.15, -0.1) is 0 Å². The predicted octanol–water partition coefficient (Wildman–Crippen LogP) is 8.07. The quantitative estimate of drug-likeness (QED) is 0.177. The smallest absolute Gasteiger partial charge is 0.237 e. The monoisotopic (exact) mass is 611 g/mol. The Kier molecular flexibility index (Phi) is 8.63. The second kappa shape index (κ2) is 10.1. The molecule has 0 N–H and O–H groups in total. The summed E-state index contributed by atoms with van der Waals surface area (Å²) in [6, 6.07) is 0.0104. The zero-order valence-electron chi connectivity index (χ0n) is 19.3. The molecule has 19 heteroatoms. The Morgan fingerprint density at radius 2 is 1.03 bits per heavy atom. The van der Waals surface area contributed by atoms with Crippen LogP contribution < -0.4 is 4.57 Å². The Morgan fingerprint density at radius 1 is 0.590 bits per heavy atom. The highest BCUT2D eigenvalue weighted by molar-refractivity contribution is 5.15. The van der Waals surface area contributed by atoms with Gasteiger partial charge in [0.25, 0.3) is 0 Å². The fourth-order valence-electron chi connectivity index (χ4n) is 3.98. The van der Waals surface area contributed by atoms with E-state index in [1.54, 1.807) is 4.57 Å². The second-order valence-electron chi connectivity index (χ2n) is 9.14. The highest BCUT2D eigenvalue weighted by Crippen LogP contribution is 2.64.